The molecular weight excluding hydrogens is 172 g/mol. The zero-order chi connectivity index (χ0) is 8.53. The highest BCUT2D eigenvalue weighted by atomic mass is 35.5. The second kappa shape index (κ2) is 9.86. The van der Waals surface area contributed by atoms with Crippen LogP contribution in [0.1, 0.15) is 6.42 Å². The summed E-state index contributed by atoms with van der Waals surface area (Å²) in [5.41, 5.74) is 0. The maximum atomic E-state index is 8.27. The zero-order valence-corrected chi connectivity index (χ0v) is 7.60. The van der Waals surface area contributed by atoms with Gasteiger partial charge in [-0.1, -0.05) is 11.8 Å². The lowest BCUT2D eigenvalue weighted by Gasteiger charge is -2.13. The summed E-state index contributed by atoms with van der Waals surface area (Å²) < 4.78 is 0. The molecular formula is C9H11ClN2. The van der Waals surface area contributed by atoms with E-state index in [2.05, 4.69) is 11.8 Å². The van der Waals surface area contributed by atoms with Gasteiger partial charge in [-0.3, -0.25) is 4.90 Å². The monoisotopic (exact) mass is 182 g/mol. The Hall–Kier alpha value is -1.14. The summed E-state index contributed by atoms with van der Waals surface area (Å²) in [5, 5.41) is 8.27. The Balaban J connectivity index is 0. The van der Waals surface area contributed by atoms with Gasteiger partial charge in [-0.2, -0.15) is 5.26 Å². The molecule has 12 heavy (non-hydrogen) atoms. The van der Waals surface area contributed by atoms with Gasteiger partial charge in [0.15, 0.2) is 0 Å². The highest BCUT2D eigenvalue weighted by Gasteiger charge is 1.98. The van der Waals surface area contributed by atoms with Crippen molar-refractivity contribution in [3.8, 4) is 30.8 Å². The molecule has 0 aliphatic carbocycles. The number of hydrogen-bond donors (Lipinski definition) is 0. The molecule has 0 heterocycles. The van der Waals surface area contributed by atoms with Crippen LogP contribution >= 0.6 is 12.4 Å². The molecule has 0 unspecified atom stereocenters. The summed E-state index contributed by atoms with van der Waals surface area (Å²) in [7, 11) is 0. The molecule has 0 atom stereocenters. The number of hydrogen-bond acceptors (Lipinski definition) is 2. The minimum absolute atomic E-state index is 0. The first-order valence-electron chi connectivity index (χ1n) is 3.31. The summed E-state index contributed by atoms with van der Waals surface area (Å²) in [5.74, 6) is 4.96. The lowest BCUT2D eigenvalue weighted by atomic mass is 10.4. The normalized spacial score (nSPS) is 7.50. The van der Waals surface area contributed by atoms with Gasteiger partial charge in [0.05, 0.1) is 19.2 Å². The number of rotatable bonds is 4. The van der Waals surface area contributed by atoms with Crippen molar-refractivity contribution in [3.63, 3.8) is 0 Å². The molecule has 0 aromatic rings. The number of nitriles is 1. The third kappa shape index (κ3) is 6.97. The van der Waals surface area contributed by atoms with Crippen LogP contribution in [0.3, 0.4) is 0 Å². The van der Waals surface area contributed by atoms with Gasteiger partial charge >= 0.3 is 0 Å². The smallest absolute Gasteiger partial charge is 0.0635 e. The van der Waals surface area contributed by atoms with E-state index < -0.39 is 0 Å². The minimum Gasteiger partial charge on any atom is -0.280 e. The third-order valence-electron chi connectivity index (χ3n) is 1.17. The second-order valence-corrected chi connectivity index (χ2v) is 2.03. The van der Waals surface area contributed by atoms with Crippen LogP contribution in [-0.2, 0) is 0 Å². The van der Waals surface area contributed by atoms with Gasteiger partial charge in [-0.15, -0.1) is 25.3 Å². The topological polar surface area (TPSA) is 27.0 Å². The minimum atomic E-state index is 0. The molecule has 3 heteroatoms. The number of halogens is 1. The van der Waals surface area contributed by atoms with Gasteiger partial charge < -0.3 is 0 Å². The maximum absolute atomic E-state index is 8.27. The third-order valence-corrected chi connectivity index (χ3v) is 1.17. The Morgan fingerprint density at radius 2 is 1.67 bits per heavy atom. The van der Waals surface area contributed by atoms with E-state index in [1.165, 1.54) is 0 Å². The van der Waals surface area contributed by atoms with Crippen molar-refractivity contribution in [2.45, 2.75) is 6.42 Å². The molecule has 0 aromatic heterocycles. The van der Waals surface area contributed by atoms with Gasteiger partial charge in [0.2, 0.25) is 0 Å². The zero-order valence-electron chi connectivity index (χ0n) is 6.79. The average Bonchev–Trinajstić information content (AvgIpc) is 2.01. The molecule has 0 aliphatic rings. The average molecular weight is 183 g/mol. The van der Waals surface area contributed by atoms with E-state index in [1.54, 1.807) is 0 Å². The highest BCUT2D eigenvalue weighted by Crippen LogP contribution is 1.88. The Labute approximate surface area is 80.0 Å². The molecule has 0 spiro atoms. The summed E-state index contributed by atoms with van der Waals surface area (Å²) >= 11 is 0. The van der Waals surface area contributed by atoms with Crippen LogP contribution < -0.4 is 0 Å². The van der Waals surface area contributed by atoms with Gasteiger partial charge in [0.1, 0.15) is 0 Å². The van der Waals surface area contributed by atoms with Gasteiger partial charge in [0, 0.05) is 13.0 Å². The van der Waals surface area contributed by atoms with Crippen molar-refractivity contribution < 1.29 is 0 Å². The molecule has 0 saturated carbocycles. The molecule has 2 nitrogen and oxygen atoms in total. The Morgan fingerprint density at radius 1 is 1.17 bits per heavy atom. The van der Waals surface area contributed by atoms with Gasteiger partial charge in [-0.25, -0.2) is 0 Å². The maximum Gasteiger partial charge on any atom is 0.0635 e. The van der Waals surface area contributed by atoms with Crippen molar-refractivity contribution in [1.29, 1.82) is 5.26 Å². The number of nitrogens with zero attached hydrogens (tertiary/aromatic N) is 2. The Morgan fingerprint density at radius 3 is 2.00 bits per heavy atom. The highest BCUT2D eigenvalue weighted by molar-refractivity contribution is 5.85. The van der Waals surface area contributed by atoms with Crippen molar-refractivity contribution in [2.24, 2.45) is 0 Å². The van der Waals surface area contributed by atoms with E-state index in [1.807, 2.05) is 11.0 Å². The molecule has 64 valence electrons. The summed E-state index contributed by atoms with van der Waals surface area (Å²) in [6.45, 7) is 1.70. The summed E-state index contributed by atoms with van der Waals surface area (Å²) in [4.78, 5) is 1.88. The lowest BCUT2D eigenvalue weighted by molar-refractivity contribution is 0.354. The van der Waals surface area contributed by atoms with Crippen LogP contribution in [0.15, 0.2) is 0 Å². The largest absolute Gasteiger partial charge is 0.280 e. The Bertz CT molecular complexity index is 200. The van der Waals surface area contributed by atoms with E-state index >= 15 is 0 Å². The van der Waals surface area contributed by atoms with Gasteiger partial charge in [0.25, 0.3) is 0 Å². The van der Waals surface area contributed by atoms with E-state index in [-0.39, 0.29) is 12.4 Å². The van der Waals surface area contributed by atoms with E-state index in [0.717, 1.165) is 0 Å². The molecule has 0 fully saturated rings. The van der Waals surface area contributed by atoms with Crippen LogP contribution in [0.25, 0.3) is 0 Å². The fraction of sp³-hybridized carbons (Fsp3) is 0.444. The number of terminal acetylenes is 2. The van der Waals surface area contributed by atoms with Crippen LogP contribution in [-0.4, -0.2) is 24.5 Å². The fourth-order valence-corrected chi connectivity index (χ4v) is 0.680. The molecule has 0 bridgehead atoms. The van der Waals surface area contributed by atoms with Crippen LogP contribution in [0.4, 0.5) is 0 Å². The first-order chi connectivity index (χ1) is 5.35. The van der Waals surface area contributed by atoms with Crippen LogP contribution in [0.2, 0.25) is 0 Å². The molecule has 0 aliphatic heterocycles. The van der Waals surface area contributed by atoms with Crippen molar-refractivity contribution in [1.82, 2.24) is 4.90 Å². The lowest BCUT2D eigenvalue weighted by Crippen LogP contribution is -2.25. The van der Waals surface area contributed by atoms with E-state index in [0.29, 0.717) is 26.1 Å². The molecule has 0 saturated heterocycles. The van der Waals surface area contributed by atoms with Crippen LogP contribution in [0.5, 0.6) is 0 Å². The first kappa shape index (κ1) is 13.4. The fourth-order valence-electron chi connectivity index (χ4n) is 0.680. The Kier molecular flexibility index (Phi) is 11.1. The van der Waals surface area contributed by atoms with Crippen molar-refractivity contribution in [2.75, 3.05) is 19.6 Å². The van der Waals surface area contributed by atoms with Crippen LogP contribution in [0, 0.1) is 36.0 Å². The molecule has 0 amide bonds. The molecule has 0 radical (unpaired) electrons. The first-order valence-corrected chi connectivity index (χ1v) is 3.31. The quantitative estimate of drug-likeness (QED) is 0.604. The predicted molar refractivity (Wildman–Crippen MR) is 51.6 cm³/mol. The van der Waals surface area contributed by atoms with E-state index in [9.17, 15) is 0 Å². The predicted octanol–water partition coefficient (Wildman–Crippen LogP) is 0.890. The standard InChI is InChI=1S/C9H10N2.ClH/c1-3-7-11(8-4-2)9-5-6-10;/h1-2H,5,7-9H2;1H. The van der Waals surface area contributed by atoms with Gasteiger partial charge in [-0.05, 0) is 0 Å². The SMILES string of the molecule is C#CCN(CC#C)CCC#N.Cl. The van der Waals surface area contributed by atoms with Crippen molar-refractivity contribution in [3.05, 3.63) is 0 Å². The summed E-state index contributed by atoms with van der Waals surface area (Å²) in [6.07, 6.45) is 10.7. The van der Waals surface area contributed by atoms with E-state index in [4.69, 9.17) is 18.1 Å². The molecule has 0 rings (SSSR count). The summed E-state index contributed by atoms with van der Waals surface area (Å²) in [6, 6.07) is 2.04. The molecule has 0 aromatic carbocycles. The molecule has 0 N–H and O–H groups in total. The second-order valence-electron chi connectivity index (χ2n) is 2.03. The van der Waals surface area contributed by atoms with Crippen molar-refractivity contribution >= 4 is 12.4 Å².